The molecule has 104 valence electrons. The lowest BCUT2D eigenvalue weighted by Gasteiger charge is -2.13. The third kappa shape index (κ3) is 3.59. The van der Waals surface area contributed by atoms with Crippen molar-refractivity contribution < 1.29 is 14.5 Å². The summed E-state index contributed by atoms with van der Waals surface area (Å²) in [6.07, 6.45) is 5.92. The number of ketones is 2. The predicted molar refractivity (Wildman–Crippen MR) is 71.2 cm³/mol. The van der Waals surface area contributed by atoms with Crippen molar-refractivity contribution in [2.75, 3.05) is 0 Å². The summed E-state index contributed by atoms with van der Waals surface area (Å²) in [5, 5.41) is 10.9. The van der Waals surface area contributed by atoms with Crippen LogP contribution in [0.2, 0.25) is 0 Å². The number of carbonyl (C=O) groups is 2. The average molecular weight is 265 g/mol. The summed E-state index contributed by atoms with van der Waals surface area (Å²) in [6.45, 7) is 3.97. The van der Waals surface area contributed by atoms with E-state index in [0.29, 0.717) is 24.0 Å². The molecule has 1 aliphatic carbocycles. The Kier molecular flexibility index (Phi) is 5.60. The Morgan fingerprint density at radius 1 is 1.05 bits per heavy atom. The lowest BCUT2D eigenvalue weighted by atomic mass is 9.89. The molecule has 0 bridgehead atoms. The maximum atomic E-state index is 11.8. The zero-order valence-electron chi connectivity index (χ0n) is 11.4. The van der Waals surface area contributed by atoms with Crippen LogP contribution in [0.5, 0.6) is 0 Å². The van der Waals surface area contributed by atoms with E-state index in [9.17, 15) is 19.7 Å². The Morgan fingerprint density at radius 3 is 2.16 bits per heavy atom. The summed E-state index contributed by atoms with van der Waals surface area (Å²) in [6, 6.07) is 0. The average Bonchev–Trinajstić information content (AvgIpc) is 2.37. The molecular formula is C14H19NO4. The van der Waals surface area contributed by atoms with E-state index in [1.54, 1.807) is 6.08 Å². The molecule has 0 aromatic carbocycles. The van der Waals surface area contributed by atoms with Gasteiger partial charge in [0.1, 0.15) is 0 Å². The maximum absolute atomic E-state index is 11.8. The Bertz CT molecular complexity index is 460. The smallest absolute Gasteiger partial charge is 0.285 e. The highest BCUT2D eigenvalue weighted by Crippen LogP contribution is 2.26. The Labute approximate surface area is 112 Å². The largest absolute Gasteiger partial charge is 0.323 e. The van der Waals surface area contributed by atoms with E-state index in [1.807, 2.05) is 13.8 Å². The second-order valence-electron chi connectivity index (χ2n) is 4.67. The molecule has 0 unspecified atom stereocenters. The van der Waals surface area contributed by atoms with Gasteiger partial charge in [0.15, 0.2) is 0 Å². The van der Waals surface area contributed by atoms with Crippen molar-refractivity contribution in [3.8, 4) is 0 Å². The number of allylic oxidation sites excluding steroid dienone is 4. The minimum atomic E-state index is -0.954. The molecule has 0 aromatic rings. The van der Waals surface area contributed by atoms with Crippen LogP contribution in [0.4, 0.5) is 0 Å². The zero-order chi connectivity index (χ0) is 14.4. The van der Waals surface area contributed by atoms with Gasteiger partial charge in [0, 0.05) is 11.1 Å². The van der Waals surface area contributed by atoms with E-state index < -0.39 is 22.2 Å². The fourth-order valence-electron chi connectivity index (χ4n) is 2.05. The highest BCUT2D eigenvalue weighted by Gasteiger charge is 2.37. The van der Waals surface area contributed by atoms with Crippen molar-refractivity contribution in [2.24, 2.45) is 0 Å². The first kappa shape index (κ1) is 15.3. The summed E-state index contributed by atoms with van der Waals surface area (Å²) >= 11 is 0. The van der Waals surface area contributed by atoms with Gasteiger partial charge < -0.3 is 0 Å². The van der Waals surface area contributed by atoms with Crippen LogP contribution in [-0.4, -0.2) is 16.5 Å². The first-order valence-electron chi connectivity index (χ1n) is 6.70. The third-order valence-corrected chi connectivity index (χ3v) is 3.15. The molecule has 5 nitrogen and oxygen atoms in total. The van der Waals surface area contributed by atoms with Gasteiger partial charge >= 0.3 is 11.5 Å². The van der Waals surface area contributed by atoms with Crippen molar-refractivity contribution in [1.29, 1.82) is 0 Å². The number of nitro groups is 1. The van der Waals surface area contributed by atoms with Crippen LogP contribution in [0.3, 0.4) is 0 Å². The van der Waals surface area contributed by atoms with Gasteiger partial charge in [-0.15, -0.1) is 0 Å². The molecule has 0 amide bonds. The van der Waals surface area contributed by atoms with Gasteiger partial charge in [-0.3, -0.25) is 19.7 Å². The highest BCUT2D eigenvalue weighted by atomic mass is 16.6. The van der Waals surface area contributed by atoms with E-state index in [2.05, 4.69) is 0 Å². The van der Waals surface area contributed by atoms with Crippen LogP contribution in [0.15, 0.2) is 22.9 Å². The zero-order valence-corrected chi connectivity index (χ0v) is 11.4. The number of carbonyl (C=O) groups excluding carboxylic acids is 2. The number of nitrogens with zero attached hydrogens (tertiary/aromatic N) is 1. The van der Waals surface area contributed by atoms with Crippen LogP contribution < -0.4 is 0 Å². The molecule has 0 saturated heterocycles. The van der Waals surface area contributed by atoms with Crippen molar-refractivity contribution in [1.82, 2.24) is 0 Å². The number of hydrogen-bond acceptors (Lipinski definition) is 4. The minimum absolute atomic E-state index is 0.405. The van der Waals surface area contributed by atoms with E-state index in [-0.39, 0.29) is 0 Å². The lowest BCUT2D eigenvalue weighted by Crippen LogP contribution is -2.27. The van der Waals surface area contributed by atoms with Crippen LogP contribution in [0.25, 0.3) is 0 Å². The van der Waals surface area contributed by atoms with E-state index in [4.69, 9.17) is 0 Å². The molecule has 0 saturated carbocycles. The van der Waals surface area contributed by atoms with Crippen LogP contribution in [-0.2, 0) is 9.59 Å². The third-order valence-electron chi connectivity index (χ3n) is 3.15. The van der Waals surface area contributed by atoms with Crippen LogP contribution >= 0.6 is 0 Å². The summed E-state index contributed by atoms with van der Waals surface area (Å²) in [5.41, 5.74) is 0.296. The number of hydrogen-bond donors (Lipinski definition) is 0. The van der Waals surface area contributed by atoms with Gasteiger partial charge in [-0.1, -0.05) is 26.7 Å². The van der Waals surface area contributed by atoms with E-state index >= 15 is 0 Å². The van der Waals surface area contributed by atoms with Crippen molar-refractivity contribution in [3.63, 3.8) is 0 Å². The Morgan fingerprint density at radius 2 is 1.63 bits per heavy atom. The van der Waals surface area contributed by atoms with Crippen LogP contribution in [0.1, 0.15) is 52.4 Å². The molecule has 5 heteroatoms. The predicted octanol–water partition coefficient (Wildman–Crippen LogP) is 2.98. The van der Waals surface area contributed by atoms with Gasteiger partial charge in [-0.25, -0.2) is 0 Å². The SMILES string of the molecule is CCCCC1=CC(CCCC)=C([N+](=O)[O-])C(=O)C1=O. The molecule has 0 radical (unpaired) electrons. The molecular weight excluding hydrogens is 246 g/mol. The summed E-state index contributed by atoms with van der Waals surface area (Å²) in [7, 11) is 0. The Balaban J connectivity index is 3.12. The molecule has 1 aliphatic rings. The normalized spacial score (nSPS) is 15.8. The second kappa shape index (κ2) is 6.97. The van der Waals surface area contributed by atoms with Gasteiger partial charge in [-0.05, 0) is 31.8 Å². The van der Waals surface area contributed by atoms with E-state index in [0.717, 1.165) is 25.7 Å². The molecule has 1 rings (SSSR count). The molecule has 0 spiro atoms. The summed E-state index contributed by atoms with van der Waals surface area (Å²) in [5.74, 6) is -1.66. The summed E-state index contributed by atoms with van der Waals surface area (Å²) in [4.78, 5) is 33.9. The maximum Gasteiger partial charge on any atom is 0.323 e. The first-order valence-corrected chi connectivity index (χ1v) is 6.70. The molecule has 0 aliphatic heterocycles. The molecule has 0 N–H and O–H groups in total. The van der Waals surface area contributed by atoms with Gasteiger partial charge in [0.2, 0.25) is 5.78 Å². The van der Waals surface area contributed by atoms with E-state index in [1.165, 1.54) is 0 Å². The Hall–Kier alpha value is -1.78. The van der Waals surface area contributed by atoms with Gasteiger partial charge in [0.05, 0.1) is 4.92 Å². The lowest BCUT2D eigenvalue weighted by molar-refractivity contribution is -0.419. The molecule has 0 fully saturated rings. The summed E-state index contributed by atoms with van der Waals surface area (Å²) < 4.78 is 0. The molecule has 0 heterocycles. The monoisotopic (exact) mass is 265 g/mol. The van der Waals surface area contributed by atoms with Crippen molar-refractivity contribution in [2.45, 2.75) is 52.4 Å². The number of Topliss-reactive ketones (excluding diaryl/α,β-unsaturated/α-hetero) is 2. The number of unbranched alkanes of at least 4 members (excludes halogenated alkanes) is 2. The van der Waals surface area contributed by atoms with Crippen LogP contribution in [0, 0.1) is 10.1 Å². The second-order valence-corrected chi connectivity index (χ2v) is 4.67. The molecule has 19 heavy (non-hydrogen) atoms. The first-order chi connectivity index (χ1) is 9.02. The topological polar surface area (TPSA) is 77.3 Å². The fraction of sp³-hybridized carbons (Fsp3) is 0.571. The van der Waals surface area contributed by atoms with Gasteiger partial charge in [0.25, 0.3) is 0 Å². The molecule has 0 aromatic heterocycles. The molecule has 0 atom stereocenters. The van der Waals surface area contributed by atoms with Crippen molar-refractivity contribution >= 4 is 11.6 Å². The standard InChI is InChI=1S/C14H19NO4/c1-3-5-7-10-9-11(8-6-4-2)13(16)14(17)12(10)15(18)19/h9H,3-8H2,1-2H3. The quantitative estimate of drug-likeness (QED) is 0.307. The van der Waals surface area contributed by atoms with Crippen molar-refractivity contribution in [3.05, 3.63) is 33.0 Å². The fourth-order valence-corrected chi connectivity index (χ4v) is 2.05. The van der Waals surface area contributed by atoms with Gasteiger partial charge in [-0.2, -0.15) is 0 Å². The highest BCUT2D eigenvalue weighted by molar-refractivity contribution is 6.49. The minimum Gasteiger partial charge on any atom is -0.285 e. The number of rotatable bonds is 7.